The molecule has 0 rings (SSSR count). The Morgan fingerprint density at radius 2 is 0.840 bits per heavy atom. The lowest BCUT2D eigenvalue weighted by molar-refractivity contribution is 0.464. The van der Waals surface area contributed by atoms with Gasteiger partial charge in [-0.2, -0.15) is 0 Å². The van der Waals surface area contributed by atoms with Gasteiger partial charge in [0.05, 0.1) is 0 Å². The number of aliphatic hydroxyl groups excluding tert-OH is 1. The fraction of sp³-hybridized carbons (Fsp3) is 0.917. The van der Waals surface area contributed by atoms with Gasteiger partial charge in [-0.25, -0.2) is 0 Å². The predicted molar refractivity (Wildman–Crippen MR) is 112 cm³/mol. The quantitative estimate of drug-likeness (QED) is 0.183. The van der Waals surface area contributed by atoms with Crippen molar-refractivity contribution in [2.75, 3.05) is 0 Å². The largest absolute Gasteiger partial charge is 0.462 e. The summed E-state index contributed by atoms with van der Waals surface area (Å²) in [5.41, 5.74) is 0. The van der Waals surface area contributed by atoms with E-state index in [0.29, 0.717) is 5.92 Å². The van der Waals surface area contributed by atoms with Crippen LogP contribution in [0.25, 0.3) is 0 Å². The molecule has 0 saturated heterocycles. The molecule has 0 heterocycles. The molecule has 0 amide bonds. The lowest BCUT2D eigenvalue weighted by Crippen LogP contribution is -1.98. The highest BCUT2D eigenvalue weighted by Crippen LogP contribution is 2.19. The van der Waals surface area contributed by atoms with Crippen molar-refractivity contribution in [2.45, 2.75) is 136 Å². The van der Waals surface area contributed by atoms with Gasteiger partial charge in [0, 0.05) is 5.92 Å². The van der Waals surface area contributed by atoms with Gasteiger partial charge in [-0.05, 0) is 12.8 Å². The molecule has 1 atom stereocenters. The smallest absolute Gasteiger partial charge is 0.107 e. The zero-order valence-electron chi connectivity index (χ0n) is 17.5. The maximum atomic E-state index is 8.94. The lowest BCUT2D eigenvalue weighted by Gasteiger charge is -2.10. The van der Waals surface area contributed by atoms with Gasteiger partial charge in [0.1, 0.15) is 6.11 Å². The van der Waals surface area contributed by atoms with E-state index in [1.54, 1.807) is 0 Å². The van der Waals surface area contributed by atoms with Crippen LogP contribution in [0.3, 0.4) is 0 Å². The van der Waals surface area contributed by atoms with Crippen LogP contribution >= 0.6 is 0 Å². The molecule has 148 valence electrons. The van der Waals surface area contributed by atoms with Crippen molar-refractivity contribution in [2.24, 2.45) is 5.92 Å². The molecule has 25 heavy (non-hydrogen) atoms. The second-order valence-electron chi connectivity index (χ2n) is 7.83. The third-order valence-corrected chi connectivity index (χ3v) is 5.33. The topological polar surface area (TPSA) is 20.2 Å². The maximum Gasteiger partial charge on any atom is 0.107 e. The molecule has 0 spiro atoms. The van der Waals surface area contributed by atoms with Gasteiger partial charge in [0.15, 0.2) is 0 Å². The van der Waals surface area contributed by atoms with Crippen LogP contribution in [-0.4, -0.2) is 5.11 Å². The summed E-state index contributed by atoms with van der Waals surface area (Å²) in [6.07, 6.45) is 27.9. The molecule has 0 aliphatic carbocycles. The molecule has 0 saturated carbocycles. The van der Waals surface area contributed by atoms with Crippen molar-refractivity contribution in [3.8, 4) is 12.0 Å². The minimum absolute atomic E-state index is 0.426. The van der Waals surface area contributed by atoms with Crippen LogP contribution in [-0.2, 0) is 0 Å². The lowest BCUT2D eigenvalue weighted by atomic mass is 9.94. The van der Waals surface area contributed by atoms with Gasteiger partial charge in [0.2, 0.25) is 0 Å². The van der Waals surface area contributed by atoms with Gasteiger partial charge in [-0.1, -0.05) is 129 Å². The molecule has 0 aliphatic rings. The average molecular weight is 351 g/mol. The minimum atomic E-state index is 0.426. The average Bonchev–Trinajstić information content (AvgIpc) is 2.62. The Labute approximate surface area is 159 Å². The molecule has 1 unspecified atom stereocenters. The van der Waals surface area contributed by atoms with Gasteiger partial charge >= 0.3 is 0 Å². The molecule has 0 fully saturated rings. The predicted octanol–water partition coefficient (Wildman–Crippen LogP) is 8.39. The highest BCUT2D eigenvalue weighted by molar-refractivity contribution is 4.96. The fourth-order valence-electron chi connectivity index (χ4n) is 3.61. The van der Waals surface area contributed by atoms with E-state index in [1.165, 1.54) is 122 Å². The SMILES string of the molecule is CCCCCCCCCCCC(C#CO)CCCCCCCCCC. The van der Waals surface area contributed by atoms with E-state index in [1.807, 2.05) is 0 Å². The number of rotatable bonds is 19. The first kappa shape index (κ1) is 24.4. The second kappa shape index (κ2) is 21.4. The Morgan fingerprint density at radius 1 is 0.520 bits per heavy atom. The van der Waals surface area contributed by atoms with Crippen molar-refractivity contribution in [1.29, 1.82) is 0 Å². The summed E-state index contributed by atoms with van der Waals surface area (Å²) in [5.74, 6) is 3.46. The molecule has 0 bridgehead atoms. The standard InChI is InChI=1S/C24H46O/c1-3-5-7-9-11-13-15-17-19-21-24(22-23-25)20-18-16-14-12-10-8-6-4-2/h24-25H,3-21H2,1-2H3. The summed E-state index contributed by atoms with van der Waals surface area (Å²) in [6.45, 7) is 4.55. The Balaban J connectivity index is 3.47. The van der Waals surface area contributed by atoms with Gasteiger partial charge in [-0.3, -0.25) is 0 Å². The normalized spacial score (nSPS) is 11.9. The molecule has 0 aromatic heterocycles. The van der Waals surface area contributed by atoms with Crippen molar-refractivity contribution < 1.29 is 5.11 Å². The Hall–Kier alpha value is -0.640. The Kier molecular flexibility index (Phi) is 20.9. The van der Waals surface area contributed by atoms with Crippen molar-refractivity contribution in [3.05, 3.63) is 0 Å². The number of aliphatic hydroxyl groups is 1. The zero-order valence-corrected chi connectivity index (χ0v) is 17.5. The first-order valence-corrected chi connectivity index (χ1v) is 11.5. The minimum Gasteiger partial charge on any atom is -0.462 e. The summed E-state index contributed by atoms with van der Waals surface area (Å²) in [6, 6.07) is 0. The zero-order chi connectivity index (χ0) is 18.4. The third-order valence-electron chi connectivity index (χ3n) is 5.33. The molecule has 1 heteroatoms. The summed E-state index contributed by atoms with van der Waals surface area (Å²) in [7, 11) is 0. The number of unbranched alkanes of at least 4 members (excludes halogenated alkanes) is 15. The molecular formula is C24H46O. The van der Waals surface area contributed by atoms with E-state index in [0.717, 1.165) is 0 Å². The van der Waals surface area contributed by atoms with E-state index in [-0.39, 0.29) is 0 Å². The molecule has 0 aromatic rings. The van der Waals surface area contributed by atoms with Crippen molar-refractivity contribution in [3.63, 3.8) is 0 Å². The second-order valence-corrected chi connectivity index (χ2v) is 7.83. The summed E-state index contributed by atoms with van der Waals surface area (Å²) >= 11 is 0. The van der Waals surface area contributed by atoms with Crippen LogP contribution in [0.4, 0.5) is 0 Å². The molecule has 0 aliphatic heterocycles. The van der Waals surface area contributed by atoms with Crippen LogP contribution < -0.4 is 0 Å². The van der Waals surface area contributed by atoms with Crippen molar-refractivity contribution in [1.82, 2.24) is 0 Å². The molecule has 0 radical (unpaired) electrons. The molecule has 1 N–H and O–H groups in total. The highest BCUT2D eigenvalue weighted by atomic mass is 16.2. The van der Waals surface area contributed by atoms with Crippen molar-refractivity contribution >= 4 is 0 Å². The summed E-state index contributed by atoms with van der Waals surface area (Å²) < 4.78 is 0. The van der Waals surface area contributed by atoms with Crippen LogP contribution in [0.2, 0.25) is 0 Å². The first-order chi connectivity index (χ1) is 12.3. The van der Waals surface area contributed by atoms with Crippen LogP contribution in [0, 0.1) is 17.9 Å². The Bertz CT molecular complexity index is 299. The van der Waals surface area contributed by atoms with E-state index < -0.39 is 0 Å². The molecular weight excluding hydrogens is 304 g/mol. The summed E-state index contributed by atoms with van der Waals surface area (Å²) in [5, 5.41) is 8.94. The monoisotopic (exact) mass is 350 g/mol. The summed E-state index contributed by atoms with van der Waals surface area (Å²) in [4.78, 5) is 0. The van der Waals surface area contributed by atoms with Gasteiger partial charge in [-0.15, -0.1) is 0 Å². The highest BCUT2D eigenvalue weighted by Gasteiger charge is 2.05. The van der Waals surface area contributed by atoms with E-state index in [4.69, 9.17) is 5.11 Å². The third kappa shape index (κ3) is 19.5. The van der Waals surface area contributed by atoms with E-state index in [2.05, 4.69) is 25.9 Å². The molecule has 1 nitrogen and oxygen atoms in total. The van der Waals surface area contributed by atoms with E-state index >= 15 is 0 Å². The molecule has 0 aromatic carbocycles. The fourth-order valence-corrected chi connectivity index (χ4v) is 3.61. The first-order valence-electron chi connectivity index (χ1n) is 11.5. The number of hydrogen-bond donors (Lipinski definition) is 1. The van der Waals surface area contributed by atoms with Gasteiger partial charge in [0.25, 0.3) is 0 Å². The van der Waals surface area contributed by atoms with Crippen LogP contribution in [0.5, 0.6) is 0 Å². The Morgan fingerprint density at radius 3 is 1.16 bits per heavy atom. The van der Waals surface area contributed by atoms with Crippen LogP contribution in [0.15, 0.2) is 0 Å². The van der Waals surface area contributed by atoms with Crippen LogP contribution in [0.1, 0.15) is 136 Å². The van der Waals surface area contributed by atoms with E-state index in [9.17, 15) is 0 Å². The number of hydrogen-bond acceptors (Lipinski definition) is 1. The van der Waals surface area contributed by atoms with Gasteiger partial charge < -0.3 is 5.11 Å². The maximum absolute atomic E-state index is 8.94.